The zero-order valence-corrected chi connectivity index (χ0v) is 48.7. The first-order chi connectivity index (χ1) is 35.5. The van der Waals surface area contributed by atoms with Crippen LogP contribution in [0.5, 0.6) is 0 Å². The van der Waals surface area contributed by atoms with Gasteiger partial charge in [0.25, 0.3) is 0 Å². The van der Waals surface area contributed by atoms with E-state index >= 15 is 0 Å². The summed E-state index contributed by atoms with van der Waals surface area (Å²) in [4.78, 5) is 24.6. The lowest BCUT2D eigenvalue weighted by atomic mass is 10.0. The lowest BCUT2D eigenvalue weighted by Crippen LogP contribution is -2.45. The molecule has 0 aliphatic heterocycles. The molecule has 0 heterocycles. The molecule has 0 rings (SSSR count). The minimum absolute atomic E-state index is 0.0101. The molecule has 0 fully saturated rings. The van der Waals surface area contributed by atoms with Gasteiger partial charge in [-0.3, -0.25) is 9.59 Å². The second-order valence-corrected chi connectivity index (χ2v) is 22.5. The van der Waals surface area contributed by atoms with Crippen molar-refractivity contribution < 1.29 is 24.5 Å². The third-order valence-electron chi connectivity index (χ3n) is 15.2. The van der Waals surface area contributed by atoms with Crippen molar-refractivity contribution >= 4 is 11.9 Å². The number of carbonyl (C=O) groups is 2. The third-order valence-corrected chi connectivity index (χ3v) is 15.2. The second kappa shape index (κ2) is 61.9. The van der Waals surface area contributed by atoms with Crippen LogP contribution in [-0.4, -0.2) is 47.4 Å². The molecule has 426 valence electrons. The molecule has 0 bridgehead atoms. The molecule has 3 N–H and O–H groups in total. The number of unbranched alkanes of at least 4 members (excludes halogenated alkanes) is 48. The summed E-state index contributed by atoms with van der Waals surface area (Å²) in [5.74, 6) is -0.0574. The van der Waals surface area contributed by atoms with Crippen molar-refractivity contribution in [3.05, 3.63) is 24.3 Å². The average molecular weight is 1010 g/mol. The molecule has 0 saturated carbocycles. The number of carbonyl (C=O) groups excluding carboxylic acids is 2. The number of hydrogen-bond acceptors (Lipinski definition) is 5. The van der Waals surface area contributed by atoms with E-state index in [9.17, 15) is 19.8 Å². The van der Waals surface area contributed by atoms with Crippen molar-refractivity contribution in [3.8, 4) is 0 Å². The lowest BCUT2D eigenvalue weighted by Gasteiger charge is -2.20. The number of hydrogen-bond donors (Lipinski definition) is 3. The predicted octanol–water partition coefficient (Wildman–Crippen LogP) is 20.6. The van der Waals surface area contributed by atoms with Crippen LogP contribution in [0.25, 0.3) is 0 Å². The molecule has 0 aromatic carbocycles. The third kappa shape index (κ3) is 57.6. The minimum Gasteiger partial charge on any atom is -0.466 e. The molecule has 0 saturated heterocycles. The van der Waals surface area contributed by atoms with E-state index in [0.29, 0.717) is 19.4 Å². The number of aliphatic hydroxyl groups is 2. The summed E-state index contributed by atoms with van der Waals surface area (Å²) >= 11 is 0. The first kappa shape index (κ1) is 70.3. The SMILES string of the molecule is CCCCCCCC/C=C\CCCCCCCCCCCC(=O)OCCCCCCCCCCCCCCCCCCCCCCC(=O)NC(CO)C(O)/C=C/CCCCCCCCCCCCCCCC. The van der Waals surface area contributed by atoms with Crippen molar-refractivity contribution in [2.75, 3.05) is 13.2 Å². The van der Waals surface area contributed by atoms with Crippen LogP contribution in [0.1, 0.15) is 361 Å². The van der Waals surface area contributed by atoms with Crippen LogP contribution in [0.2, 0.25) is 0 Å². The Balaban J connectivity index is 3.39. The molecule has 2 atom stereocenters. The van der Waals surface area contributed by atoms with Crippen LogP contribution < -0.4 is 5.32 Å². The fourth-order valence-corrected chi connectivity index (χ4v) is 10.2. The number of aliphatic hydroxyl groups excluding tert-OH is 2. The summed E-state index contributed by atoms with van der Waals surface area (Å²) < 4.78 is 5.50. The standard InChI is InChI=1S/C66H127NO5/c1-3-5-7-9-11-13-15-17-19-21-24-28-32-36-40-44-48-52-56-60-66(71)72-61-57-53-49-45-41-37-33-29-26-23-22-25-27-31-35-39-43-47-51-55-59-65(70)67-63(62-68)64(69)58-54-50-46-42-38-34-30-20-18-16-14-12-10-8-6-4-2/h17,19,54,58,63-64,68-69H,3-16,18,20-53,55-57,59-62H2,1-2H3,(H,67,70)/b19-17-,58-54+. The highest BCUT2D eigenvalue weighted by Crippen LogP contribution is 2.18. The van der Waals surface area contributed by atoms with E-state index in [-0.39, 0.29) is 18.5 Å². The molecular formula is C66H127NO5. The van der Waals surface area contributed by atoms with Gasteiger partial charge >= 0.3 is 5.97 Å². The summed E-state index contributed by atoms with van der Waals surface area (Å²) in [5, 5.41) is 23.2. The maximum atomic E-state index is 12.5. The molecule has 0 spiro atoms. The highest BCUT2D eigenvalue weighted by Gasteiger charge is 2.18. The highest BCUT2D eigenvalue weighted by atomic mass is 16.5. The Labute approximate surface area is 450 Å². The maximum Gasteiger partial charge on any atom is 0.305 e. The van der Waals surface area contributed by atoms with Crippen LogP contribution in [0.4, 0.5) is 0 Å². The molecule has 1 amide bonds. The molecule has 6 nitrogen and oxygen atoms in total. The van der Waals surface area contributed by atoms with Gasteiger partial charge in [0.05, 0.1) is 25.4 Å². The molecule has 0 radical (unpaired) electrons. The zero-order chi connectivity index (χ0) is 52.2. The van der Waals surface area contributed by atoms with E-state index in [2.05, 4.69) is 31.3 Å². The van der Waals surface area contributed by atoms with Gasteiger partial charge in [0.2, 0.25) is 5.91 Å². The van der Waals surface area contributed by atoms with E-state index in [4.69, 9.17) is 4.74 Å². The zero-order valence-electron chi connectivity index (χ0n) is 48.7. The Morgan fingerprint density at radius 1 is 0.375 bits per heavy atom. The van der Waals surface area contributed by atoms with Gasteiger partial charge in [-0.15, -0.1) is 0 Å². The van der Waals surface area contributed by atoms with Gasteiger partial charge in [-0.1, -0.05) is 314 Å². The first-order valence-electron chi connectivity index (χ1n) is 32.6. The fraction of sp³-hybridized carbons (Fsp3) is 0.909. The molecule has 72 heavy (non-hydrogen) atoms. The lowest BCUT2D eigenvalue weighted by molar-refractivity contribution is -0.143. The van der Waals surface area contributed by atoms with Gasteiger partial charge in [-0.05, 0) is 57.8 Å². The number of esters is 1. The van der Waals surface area contributed by atoms with Crippen LogP contribution in [0, 0.1) is 0 Å². The summed E-state index contributed by atoms with van der Waals surface area (Å²) in [5.41, 5.74) is 0. The Bertz CT molecular complexity index is 1120. The van der Waals surface area contributed by atoms with E-state index in [0.717, 1.165) is 44.9 Å². The van der Waals surface area contributed by atoms with Gasteiger partial charge in [-0.2, -0.15) is 0 Å². The molecule has 6 heteroatoms. The molecule has 2 unspecified atom stereocenters. The van der Waals surface area contributed by atoms with Gasteiger partial charge < -0.3 is 20.3 Å². The quantitative estimate of drug-likeness (QED) is 0.0320. The monoisotopic (exact) mass is 1010 g/mol. The van der Waals surface area contributed by atoms with Crippen LogP contribution in [0.3, 0.4) is 0 Å². The first-order valence-corrected chi connectivity index (χ1v) is 32.6. The molecule has 0 aliphatic carbocycles. The maximum absolute atomic E-state index is 12.5. The smallest absolute Gasteiger partial charge is 0.305 e. The predicted molar refractivity (Wildman–Crippen MR) is 315 cm³/mol. The highest BCUT2D eigenvalue weighted by molar-refractivity contribution is 5.76. The van der Waals surface area contributed by atoms with Crippen molar-refractivity contribution in [2.24, 2.45) is 0 Å². The van der Waals surface area contributed by atoms with E-state index in [1.807, 2.05) is 6.08 Å². The Morgan fingerprint density at radius 2 is 0.653 bits per heavy atom. The number of amides is 1. The molecule has 0 aromatic rings. The fourth-order valence-electron chi connectivity index (χ4n) is 10.2. The van der Waals surface area contributed by atoms with Gasteiger partial charge in [0.15, 0.2) is 0 Å². The Kier molecular flexibility index (Phi) is 60.5. The van der Waals surface area contributed by atoms with Crippen molar-refractivity contribution in [1.29, 1.82) is 0 Å². The number of nitrogens with one attached hydrogen (secondary N) is 1. The van der Waals surface area contributed by atoms with Crippen molar-refractivity contribution in [3.63, 3.8) is 0 Å². The van der Waals surface area contributed by atoms with E-state index in [1.165, 1.54) is 289 Å². The van der Waals surface area contributed by atoms with Crippen LogP contribution in [0.15, 0.2) is 24.3 Å². The van der Waals surface area contributed by atoms with E-state index < -0.39 is 12.1 Å². The number of allylic oxidation sites excluding steroid dienone is 3. The summed E-state index contributed by atoms with van der Waals surface area (Å²) in [7, 11) is 0. The van der Waals surface area contributed by atoms with Crippen molar-refractivity contribution in [2.45, 2.75) is 373 Å². The van der Waals surface area contributed by atoms with Crippen LogP contribution in [-0.2, 0) is 14.3 Å². The molecular weight excluding hydrogens is 887 g/mol. The normalized spacial score (nSPS) is 12.7. The second-order valence-electron chi connectivity index (χ2n) is 22.5. The topological polar surface area (TPSA) is 95.9 Å². The minimum atomic E-state index is -0.846. The van der Waals surface area contributed by atoms with Crippen molar-refractivity contribution in [1.82, 2.24) is 5.32 Å². The number of ether oxygens (including phenoxy) is 1. The summed E-state index contributed by atoms with van der Waals surface area (Å²) in [6, 6.07) is -0.629. The summed E-state index contributed by atoms with van der Waals surface area (Å²) in [6.45, 7) is 4.92. The summed E-state index contributed by atoms with van der Waals surface area (Å²) in [6.07, 6.45) is 76.5. The van der Waals surface area contributed by atoms with Gasteiger partial charge in [0.1, 0.15) is 0 Å². The number of rotatable bonds is 61. The Morgan fingerprint density at radius 3 is 0.986 bits per heavy atom. The average Bonchev–Trinajstić information content (AvgIpc) is 3.38. The van der Waals surface area contributed by atoms with Gasteiger partial charge in [-0.25, -0.2) is 0 Å². The molecule has 0 aromatic heterocycles. The largest absolute Gasteiger partial charge is 0.466 e. The van der Waals surface area contributed by atoms with Gasteiger partial charge in [0, 0.05) is 12.8 Å². The van der Waals surface area contributed by atoms with E-state index in [1.54, 1.807) is 6.08 Å². The molecule has 0 aliphatic rings. The van der Waals surface area contributed by atoms with Crippen LogP contribution >= 0.6 is 0 Å². The Hall–Kier alpha value is -1.66.